The zero-order valence-corrected chi connectivity index (χ0v) is 11.9. The van der Waals surface area contributed by atoms with E-state index in [1.807, 2.05) is 17.5 Å². The molecule has 0 saturated heterocycles. The highest BCUT2D eigenvalue weighted by atomic mass is 32.1. The summed E-state index contributed by atoms with van der Waals surface area (Å²) in [6.07, 6.45) is 0.699. The first kappa shape index (κ1) is 14.5. The molecule has 108 valence electrons. The van der Waals surface area contributed by atoms with Gasteiger partial charge < -0.3 is 15.3 Å². The summed E-state index contributed by atoms with van der Waals surface area (Å²) in [4.78, 5) is 37.0. The second-order valence-electron chi connectivity index (χ2n) is 4.90. The van der Waals surface area contributed by atoms with E-state index in [0.717, 1.165) is 4.88 Å². The lowest BCUT2D eigenvalue weighted by molar-refractivity contribution is -0.153. The highest BCUT2D eigenvalue weighted by Gasteiger charge is 2.58. The Kier molecular flexibility index (Phi) is 4.08. The molecule has 0 spiro atoms. The summed E-state index contributed by atoms with van der Waals surface area (Å²) < 4.78 is 0. The number of amides is 2. The van der Waals surface area contributed by atoms with Gasteiger partial charge in [0.1, 0.15) is 5.41 Å². The van der Waals surface area contributed by atoms with Crippen molar-refractivity contribution in [3.05, 3.63) is 22.4 Å². The Morgan fingerprint density at radius 1 is 1.45 bits per heavy atom. The molecule has 1 aromatic rings. The number of carboxylic acid groups (broad SMARTS) is 1. The molecule has 0 atom stereocenters. The van der Waals surface area contributed by atoms with Gasteiger partial charge in [0.05, 0.1) is 13.1 Å². The zero-order chi connectivity index (χ0) is 14.8. The molecule has 6 nitrogen and oxygen atoms in total. The van der Waals surface area contributed by atoms with E-state index in [-0.39, 0.29) is 12.5 Å². The SMILES string of the molecule is CN(CC(=O)NCc1cccs1)C(=O)C1(C(=O)O)CC1. The van der Waals surface area contributed by atoms with Crippen LogP contribution in [-0.2, 0) is 20.9 Å². The number of likely N-dealkylation sites (N-methyl/N-ethyl adjacent to an activating group) is 1. The Hall–Kier alpha value is -1.89. The summed E-state index contributed by atoms with van der Waals surface area (Å²) in [5.74, 6) is -1.89. The molecule has 0 aliphatic heterocycles. The summed E-state index contributed by atoms with van der Waals surface area (Å²) in [5, 5.41) is 13.7. The number of carbonyl (C=O) groups is 3. The van der Waals surface area contributed by atoms with E-state index >= 15 is 0 Å². The van der Waals surface area contributed by atoms with Gasteiger partial charge in [-0.25, -0.2) is 0 Å². The van der Waals surface area contributed by atoms with Crippen LogP contribution in [0, 0.1) is 5.41 Å². The largest absolute Gasteiger partial charge is 0.480 e. The predicted molar refractivity (Wildman–Crippen MR) is 73.1 cm³/mol. The molecule has 0 bridgehead atoms. The number of carboxylic acids is 1. The molecule has 1 fully saturated rings. The Morgan fingerprint density at radius 2 is 2.15 bits per heavy atom. The fraction of sp³-hybridized carbons (Fsp3) is 0.462. The average molecular weight is 296 g/mol. The second kappa shape index (κ2) is 5.62. The predicted octanol–water partition coefficient (Wildman–Crippen LogP) is 0.687. The third kappa shape index (κ3) is 2.98. The smallest absolute Gasteiger partial charge is 0.319 e. The minimum absolute atomic E-state index is 0.126. The Balaban J connectivity index is 1.82. The lowest BCUT2D eigenvalue weighted by Gasteiger charge is -2.20. The average Bonchev–Trinajstić information content (AvgIpc) is 3.06. The number of nitrogens with one attached hydrogen (secondary N) is 1. The monoisotopic (exact) mass is 296 g/mol. The molecule has 0 radical (unpaired) electrons. The molecule has 0 aromatic carbocycles. The van der Waals surface area contributed by atoms with Crippen molar-refractivity contribution >= 4 is 29.1 Å². The zero-order valence-electron chi connectivity index (χ0n) is 11.1. The Labute approximate surface area is 120 Å². The fourth-order valence-corrected chi connectivity index (χ4v) is 2.60. The van der Waals surface area contributed by atoms with Gasteiger partial charge in [-0.05, 0) is 24.3 Å². The van der Waals surface area contributed by atoms with Crippen LogP contribution in [0.4, 0.5) is 0 Å². The van der Waals surface area contributed by atoms with Crippen LogP contribution >= 0.6 is 11.3 Å². The quantitative estimate of drug-likeness (QED) is 0.756. The molecule has 20 heavy (non-hydrogen) atoms. The molecule has 1 saturated carbocycles. The normalized spacial score (nSPS) is 15.4. The number of rotatable bonds is 6. The van der Waals surface area contributed by atoms with Crippen LogP contribution in [0.25, 0.3) is 0 Å². The molecule has 1 heterocycles. The maximum atomic E-state index is 12.0. The highest BCUT2D eigenvalue weighted by molar-refractivity contribution is 7.09. The maximum absolute atomic E-state index is 12.0. The van der Waals surface area contributed by atoms with Gasteiger partial charge in [-0.2, -0.15) is 0 Å². The topological polar surface area (TPSA) is 86.7 Å². The van der Waals surface area contributed by atoms with Gasteiger partial charge in [0.25, 0.3) is 0 Å². The summed E-state index contributed by atoms with van der Waals surface area (Å²) in [7, 11) is 1.45. The summed E-state index contributed by atoms with van der Waals surface area (Å²) in [6, 6.07) is 3.80. The number of thiophene rings is 1. The number of carbonyl (C=O) groups excluding carboxylic acids is 2. The number of hydrogen-bond donors (Lipinski definition) is 2. The van der Waals surface area contributed by atoms with Crippen LogP contribution in [0.1, 0.15) is 17.7 Å². The molecule has 2 N–H and O–H groups in total. The standard InChI is InChI=1S/C13H16N2O4S/c1-15(11(17)13(4-5-13)12(18)19)8-10(16)14-7-9-3-2-6-20-9/h2-3,6H,4-5,7-8H2,1H3,(H,14,16)(H,18,19). The van der Waals surface area contributed by atoms with E-state index in [4.69, 9.17) is 5.11 Å². The van der Waals surface area contributed by atoms with E-state index < -0.39 is 17.3 Å². The molecule has 2 amide bonds. The molecule has 0 unspecified atom stereocenters. The van der Waals surface area contributed by atoms with Crippen molar-refractivity contribution in [3.8, 4) is 0 Å². The number of nitrogens with zero attached hydrogens (tertiary/aromatic N) is 1. The second-order valence-corrected chi connectivity index (χ2v) is 5.94. The van der Waals surface area contributed by atoms with Gasteiger partial charge in [-0.1, -0.05) is 6.07 Å². The molecule has 1 aliphatic carbocycles. The fourth-order valence-electron chi connectivity index (χ4n) is 1.95. The first-order valence-corrected chi connectivity index (χ1v) is 7.12. The summed E-state index contributed by atoms with van der Waals surface area (Å²) >= 11 is 1.54. The van der Waals surface area contributed by atoms with Crippen molar-refractivity contribution in [1.82, 2.24) is 10.2 Å². The molecule has 1 aromatic heterocycles. The van der Waals surface area contributed by atoms with E-state index in [1.54, 1.807) is 0 Å². The van der Waals surface area contributed by atoms with Crippen LogP contribution in [0.5, 0.6) is 0 Å². The lowest BCUT2D eigenvalue weighted by Crippen LogP contribution is -2.43. The molecule has 1 aliphatic rings. The van der Waals surface area contributed by atoms with Crippen LogP contribution in [0.2, 0.25) is 0 Å². The van der Waals surface area contributed by atoms with Gasteiger partial charge in [-0.15, -0.1) is 11.3 Å². The van der Waals surface area contributed by atoms with Crippen molar-refractivity contribution in [3.63, 3.8) is 0 Å². The van der Waals surface area contributed by atoms with Crippen molar-refractivity contribution in [1.29, 1.82) is 0 Å². The Morgan fingerprint density at radius 3 is 2.65 bits per heavy atom. The van der Waals surface area contributed by atoms with Crippen molar-refractivity contribution in [2.45, 2.75) is 19.4 Å². The van der Waals surface area contributed by atoms with Crippen LogP contribution in [0.15, 0.2) is 17.5 Å². The van der Waals surface area contributed by atoms with Crippen LogP contribution in [-0.4, -0.2) is 41.4 Å². The van der Waals surface area contributed by atoms with Crippen molar-refractivity contribution < 1.29 is 19.5 Å². The van der Waals surface area contributed by atoms with E-state index in [2.05, 4.69) is 5.32 Å². The van der Waals surface area contributed by atoms with E-state index in [1.165, 1.54) is 23.3 Å². The lowest BCUT2D eigenvalue weighted by atomic mass is 10.1. The van der Waals surface area contributed by atoms with Crippen molar-refractivity contribution in [2.75, 3.05) is 13.6 Å². The maximum Gasteiger partial charge on any atom is 0.319 e. The first-order valence-electron chi connectivity index (χ1n) is 6.24. The molecular weight excluding hydrogens is 280 g/mol. The van der Waals surface area contributed by atoms with Crippen LogP contribution < -0.4 is 5.32 Å². The molecular formula is C13H16N2O4S. The van der Waals surface area contributed by atoms with Crippen LogP contribution in [0.3, 0.4) is 0 Å². The number of hydrogen-bond acceptors (Lipinski definition) is 4. The first-order chi connectivity index (χ1) is 9.45. The molecule has 7 heteroatoms. The summed E-state index contributed by atoms with van der Waals surface area (Å²) in [5.41, 5.74) is -1.29. The highest BCUT2D eigenvalue weighted by Crippen LogP contribution is 2.47. The van der Waals surface area contributed by atoms with Gasteiger partial charge in [0, 0.05) is 11.9 Å². The van der Waals surface area contributed by atoms with Gasteiger partial charge in [0.2, 0.25) is 11.8 Å². The third-order valence-electron chi connectivity index (χ3n) is 3.34. The van der Waals surface area contributed by atoms with Gasteiger partial charge >= 0.3 is 5.97 Å². The molecule has 2 rings (SSSR count). The minimum Gasteiger partial charge on any atom is -0.480 e. The van der Waals surface area contributed by atoms with E-state index in [0.29, 0.717) is 19.4 Å². The van der Waals surface area contributed by atoms with Crippen molar-refractivity contribution in [2.24, 2.45) is 5.41 Å². The van der Waals surface area contributed by atoms with E-state index in [9.17, 15) is 14.4 Å². The third-order valence-corrected chi connectivity index (χ3v) is 4.21. The summed E-state index contributed by atoms with van der Waals surface area (Å²) in [6.45, 7) is 0.293. The minimum atomic E-state index is -1.29. The number of aliphatic carboxylic acids is 1. The Bertz CT molecular complexity index is 522. The van der Waals surface area contributed by atoms with Gasteiger partial charge in [-0.3, -0.25) is 14.4 Å². The van der Waals surface area contributed by atoms with Gasteiger partial charge in [0.15, 0.2) is 0 Å².